The third-order valence-corrected chi connectivity index (χ3v) is 4.15. The first-order valence-electron chi connectivity index (χ1n) is 7.55. The van der Waals surface area contributed by atoms with Crippen LogP contribution in [0.15, 0.2) is 4.99 Å². The van der Waals surface area contributed by atoms with Gasteiger partial charge in [0.15, 0.2) is 5.96 Å². The molecule has 0 aliphatic rings. The number of unbranched alkanes of at least 4 members (excludes halogenated alkanes) is 1. The van der Waals surface area contributed by atoms with Gasteiger partial charge in [-0.1, -0.05) is 13.3 Å². The normalized spacial score (nSPS) is 11.9. The van der Waals surface area contributed by atoms with Crippen molar-refractivity contribution in [3.63, 3.8) is 0 Å². The molecule has 0 bridgehead atoms. The molecule has 9 heteroatoms. The van der Waals surface area contributed by atoms with Crippen LogP contribution in [0.2, 0.25) is 0 Å². The molecule has 0 radical (unpaired) electrons. The van der Waals surface area contributed by atoms with Crippen LogP contribution < -0.4 is 15.4 Å². The fourth-order valence-corrected chi connectivity index (χ4v) is 2.06. The quantitative estimate of drug-likeness (QED) is 0.178. The molecule has 0 aliphatic carbocycles. The highest BCUT2D eigenvalue weighted by Gasteiger charge is 2.04. The van der Waals surface area contributed by atoms with Crippen LogP contribution in [0.4, 0.5) is 0 Å². The van der Waals surface area contributed by atoms with Gasteiger partial charge in [0.05, 0.1) is 5.75 Å². The zero-order chi connectivity index (χ0) is 16.0. The lowest BCUT2D eigenvalue weighted by Gasteiger charge is -2.12. The van der Waals surface area contributed by atoms with Gasteiger partial charge in [0.1, 0.15) is 0 Å². The van der Waals surface area contributed by atoms with Crippen molar-refractivity contribution in [1.29, 1.82) is 0 Å². The minimum absolute atomic E-state index is 0. The van der Waals surface area contributed by atoms with Crippen molar-refractivity contribution >= 4 is 40.0 Å². The molecule has 0 aromatic heterocycles. The molecule has 0 heterocycles. The Morgan fingerprint density at radius 1 is 1.05 bits per heavy atom. The lowest BCUT2D eigenvalue weighted by atomic mass is 10.4. The molecule has 22 heavy (non-hydrogen) atoms. The maximum Gasteiger partial charge on any atom is 0.211 e. The van der Waals surface area contributed by atoms with Crippen molar-refractivity contribution < 1.29 is 13.2 Å². The summed E-state index contributed by atoms with van der Waals surface area (Å²) < 4.78 is 30.4. The summed E-state index contributed by atoms with van der Waals surface area (Å²) >= 11 is 0. The summed E-state index contributed by atoms with van der Waals surface area (Å²) in [7, 11) is -1.44. The molecule has 0 rings (SSSR count). The second-order valence-corrected chi connectivity index (χ2v) is 6.64. The molecule has 0 aliphatic heterocycles. The number of halogens is 1. The highest BCUT2D eigenvalue weighted by Crippen LogP contribution is 1.89. The van der Waals surface area contributed by atoms with Gasteiger partial charge < -0.3 is 15.4 Å². The number of aliphatic imine (C=N–C) groups is 1. The van der Waals surface area contributed by atoms with Crippen molar-refractivity contribution in [3.8, 4) is 0 Å². The van der Waals surface area contributed by atoms with Gasteiger partial charge in [-0.05, 0) is 19.8 Å². The van der Waals surface area contributed by atoms with Crippen LogP contribution in [0.3, 0.4) is 0 Å². The topological polar surface area (TPSA) is 91.8 Å². The van der Waals surface area contributed by atoms with E-state index in [2.05, 4.69) is 27.3 Å². The number of hydrogen-bond donors (Lipinski definition) is 3. The summed E-state index contributed by atoms with van der Waals surface area (Å²) in [6.07, 6.45) is 3.16. The Hall–Kier alpha value is -0.130. The van der Waals surface area contributed by atoms with Crippen LogP contribution in [0.1, 0.15) is 33.1 Å². The van der Waals surface area contributed by atoms with Crippen LogP contribution in [0, 0.1) is 0 Å². The van der Waals surface area contributed by atoms with Gasteiger partial charge in [0.2, 0.25) is 10.0 Å². The number of hydrogen-bond acceptors (Lipinski definition) is 4. The van der Waals surface area contributed by atoms with E-state index in [0.717, 1.165) is 39.0 Å². The van der Waals surface area contributed by atoms with Crippen LogP contribution in [0.25, 0.3) is 0 Å². The maximum absolute atomic E-state index is 11.2. The summed E-state index contributed by atoms with van der Waals surface area (Å²) in [6, 6.07) is 0. The zero-order valence-electron chi connectivity index (χ0n) is 13.9. The molecule has 0 aromatic carbocycles. The second-order valence-electron chi connectivity index (χ2n) is 4.54. The minimum atomic E-state index is -3.12. The number of rotatable bonds is 12. The van der Waals surface area contributed by atoms with Gasteiger partial charge in [0.25, 0.3) is 0 Å². The first kappa shape index (κ1) is 24.1. The molecule has 0 spiro atoms. The molecular weight excluding hydrogens is 419 g/mol. The van der Waals surface area contributed by atoms with E-state index in [1.807, 2.05) is 0 Å². The fourth-order valence-electron chi connectivity index (χ4n) is 1.44. The van der Waals surface area contributed by atoms with Crippen LogP contribution in [0.5, 0.6) is 0 Å². The van der Waals surface area contributed by atoms with Crippen molar-refractivity contribution in [2.24, 2.45) is 4.99 Å². The first-order valence-corrected chi connectivity index (χ1v) is 9.20. The van der Waals surface area contributed by atoms with E-state index in [1.54, 1.807) is 14.0 Å². The van der Waals surface area contributed by atoms with Crippen molar-refractivity contribution in [3.05, 3.63) is 0 Å². The molecule has 0 fully saturated rings. The monoisotopic (exact) mass is 450 g/mol. The van der Waals surface area contributed by atoms with Gasteiger partial charge in [0, 0.05) is 39.9 Å². The number of guanidine groups is 1. The Balaban J connectivity index is 0. The standard InChI is InChI=1S/C13H30N4O3S.HI/c1-4-6-11-20-12-7-8-15-13(14-3)16-9-10-17-21(18,19)5-2;/h17H,4-12H2,1-3H3,(H2,14,15,16);1H. The van der Waals surface area contributed by atoms with Crippen LogP contribution in [-0.4, -0.2) is 60.0 Å². The minimum Gasteiger partial charge on any atom is -0.381 e. The molecular formula is C13H31IN4O3S. The zero-order valence-corrected chi connectivity index (χ0v) is 17.0. The van der Waals surface area contributed by atoms with E-state index in [4.69, 9.17) is 4.74 Å². The molecule has 0 amide bonds. The Kier molecular flexibility index (Phi) is 17.3. The Bertz CT molecular complexity index is 377. The van der Waals surface area contributed by atoms with Gasteiger partial charge in [-0.25, -0.2) is 13.1 Å². The molecule has 134 valence electrons. The number of nitrogens with one attached hydrogen (secondary N) is 3. The first-order chi connectivity index (χ1) is 10.1. The van der Waals surface area contributed by atoms with E-state index < -0.39 is 10.0 Å². The highest BCUT2D eigenvalue weighted by atomic mass is 127. The van der Waals surface area contributed by atoms with Crippen molar-refractivity contribution in [2.75, 3.05) is 45.6 Å². The van der Waals surface area contributed by atoms with Crippen molar-refractivity contribution in [1.82, 2.24) is 15.4 Å². The SMILES string of the molecule is CCCCOCCCNC(=NC)NCCNS(=O)(=O)CC.I. The van der Waals surface area contributed by atoms with Gasteiger partial charge in [-0.15, -0.1) is 24.0 Å². The average Bonchev–Trinajstić information content (AvgIpc) is 2.48. The largest absolute Gasteiger partial charge is 0.381 e. The lowest BCUT2D eigenvalue weighted by Crippen LogP contribution is -2.42. The smallest absolute Gasteiger partial charge is 0.211 e. The third-order valence-electron chi connectivity index (χ3n) is 2.74. The van der Waals surface area contributed by atoms with E-state index in [9.17, 15) is 8.42 Å². The number of sulfonamides is 1. The molecule has 0 aromatic rings. The fraction of sp³-hybridized carbons (Fsp3) is 0.923. The highest BCUT2D eigenvalue weighted by molar-refractivity contribution is 14.0. The molecule has 7 nitrogen and oxygen atoms in total. The van der Waals surface area contributed by atoms with E-state index in [1.165, 1.54) is 0 Å². The summed E-state index contributed by atoms with van der Waals surface area (Å²) in [4.78, 5) is 4.07. The Labute approximate surface area is 152 Å². The maximum atomic E-state index is 11.2. The second kappa shape index (κ2) is 15.8. The van der Waals surface area contributed by atoms with Gasteiger partial charge >= 0.3 is 0 Å². The van der Waals surface area contributed by atoms with E-state index in [0.29, 0.717) is 19.0 Å². The third kappa shape index (κ3) is 14.8. The number of ether oxygens (including phenoxy) is 1. The Morgan fingerprint density at radius 3 is 2.27 bits per heavy atom. The number of nitrogens with zero attached hydrogens (tertiary/aromatic N) is 1. The molecule has 0 saturated carbocycles. The molecule has 0 saturated heterocycles. The molecule has 0 unspecified atom stereocenters. The van der Waals surface area contributed by atoms with Crippen LogP contribution in [-0.2, 0) is 14.8 Å². The average molecular weight is 450 g/mol. The van der Waals surface area contributed by atoms with Gasteiger partial charge in [-0.3, -0.25) is 4.99 Å². The predicted octanol–water partition coefficient (Wildman–Crippen LogP) is 0.916. The predicted molar refractivity (Wildman–Crippen MR) is 103 cm³/mol. The summed E-state index contributed by atoms with van der Waals surface area (Å²) in [5.41, 5.74) is 0. The Morgan fingerprint density at radius 2 is 1.68 bits per heavy atom. The molecule has 0 atom stereocenters. The lowest BCUT2D eigenvalue weighted by molar-refractivity contribution is 0.129. The van der Waals surface area contributed by atoms with Crippen molar-refractivity contribution in [2.45, 2.75) is 33.1 Å². The van der Waals surface area contributed by atoms with E-state index >= 15 is 0 Å². The van der Waals surface area contributed by atoms with Gasteiger partial charge in [-0.2, -0.15) is 0 Å². The molecule has 3 N–H and O–H groups in total. The van der Waals surface area contributed by atoms with E-state index in [-0.39, 0.29) is 29.7 Å². The summed E-state index contributed by atoms with van der Waals surface area (Å²) in [5, 5.41) is 6.20. The summed E-state index contributed by atoms with van der Waals surface area (Å²) in [5.74, 6) is 0.761. The summed E-state index contributed by atoms with van der Waals surface area (Å²) in [6.45, 7) is 6.91. The van der Waals surface area contributed by atoms with Crippen LogP contribution >= 0.6 is 24.0 Å².